The van der Waals surface area contributed by atoms with E-state index in [2.05, 4.69) is 9.97 Å². The first-order valence-electron chi connectivity index (χ1n) is 3.83. The molecule has 0 aliphatic heterocycles. The van der Waals surface area contributed by atoms with Crippen LogP contribution >= 0.6 is 0 Å². The summed E-state index contributed by atoms with van der Waals surface area (Å²) in [4.78, 5) is 8.01. The van der Waals surface area contributed by atoms with Crippen molar-refractivity contribution in [3.8, 4) is 0 Å². The summed E-state index contributed by atoms with van der Waals surface area (Å²) in [5.41, 5.74) is 6.82. The van der Waals surface area contributed by atoms with Gasteiger partial charge in [0.1, 0.15) is 6.10 Å². The second kappa shape index (κ2) is 3.60. The van der Waals surface area contributed by atoms with Crippen LogP contribution in [0.1, 0.15) is 24.4 Å². The van der Waals surface area contributed by atoms with Gasteiger partial charge in [-0.25, -0.2) is 0 Å². The van der Waals surface area contributed by atoms with Gasteiger partial charge in [0.2, 0.25) is 0 Å². The summed E-state index contributed by atoms with van der Waals surface area (Å²) in [6.45, 7) is 3.55. The van der Waals surface area contributed by atoms with Gasteiger partial charge in [0.05, 0.1) is 17.6 Å². The van der Waals surface area contributed by atoms with Crippen LogP contribution in [0.15, 0.2) is 12.4 Å². The van der Waals surface area contributed by atoms with Gasteiger partial charge in [-0.1, -0.05) is 0 Å². The van der Waals surface area contributed by atoms with Crippen molar-refractivity contribution in [3.05, 3.63) is 23.8 Å². The topological polar surface area (TPSA) is 72.0 Å². The quantitative estimate of drug-likeness (QED) is 0.658. The highest BCUT2D eigenvalue weighted by molar-refractivity contribution is 5.06. The normalized spacial score (nSPS) is 15.7. The van der Waals surface area contributed by atoms with Crippen molar-refractivity contribution in [2.24, 2.45) is 5.73 Å². The molecule has 0 aliphatic carbocycles. The molecule has 1 rings (SSSR count). The molecule has 0 saturated heterocycles. The van der Waals surface area contributed by atoms with E-state index in [9.17, 15) is 5.11 Å². The molecule has 2 atom stereocenters. The Kier molecular flexibility index (Phi) is 2.73. The molecule has 0 saturated carbocycles. The van der Waals surface area contributed by atoms with Crippen LogP contribution in [-0.4, -0.2) is 21.1 Å². The molecule has 0 spiro atoms. The molecule has 0 bridgehead atoms. The smallest absolute Gasteiger partial charge is 0.112 e. The van der Waals surface area contributed by atoms with E-state index in [0.717, 1.165) is 5.69 Å². The molecule has 4 heteroatoms. The molecule has 0 aromatic carbocycles. The molecule has 0 amide bonds. The molecule has 0 fully saturated rings. The fraction of sp³-hybridized carbons (Fsp3) is 0.500. The summed E-state index contributed by atoms with van der Waals surface area (Å²) in [5.74, 6) is 0. The molecule has 3 N–H and O–H groups in total. The number of nitrogens with zero attached hydrogens (tertiary/aromatic N) is 2. The van der Waals surface area contributed by atoms with Crippen LogP contribution in [-0.2, 0) is 0 Å². The number of hydrogen-bond acceptors (Lipinski definition) is 4. The van der Waals surface area contributed by atoms with Crippen LogP contribution in [0.25, 0.3) is 0 Å². The van der Waals surface area contributed by atoms with Gasteiger partial charge in [-0.2, -0.15) is 0 Å². The first-order chi connectivity index (χ1) is 5.61. The lowest BCUT2D eigenvalue weighted by Gasteiger charge is -2.13. The number of hydrogen-bond donors (Lipinski definition) is 2. The molecular formula is C8H13N3O. The molecule has 0 radical (unpaired) electrons. The SMILES string of the molecule is Cc1cncc(C(O)C(C)N)n1. The predicted octanol–water partition coefficient (Wildman–Crippen LogP) is 0.166. The summed E-state index contributed by atoms with van der Waals surface area (Å²) in [6, 6.07) is -0.318. The van der Waals surface area contributed by atoms with Gasteiger partial charge >= 0.3 is 0 Å². The van der Waals surface area contributed by atoms with E-state index in [4.69, 9.17) is 5.73 Å². The van der Waals surface area contributed by atoms with E-state index in [0.29, 0.717) is 5.69 Å². The van der Waals surface area contributed by atoms with Crippen LogP contribution < -0.4 is 5.73 Å². The van der Waals surface area contributed by atoms with Gasteiger partial charge < -0.3 is 10.8 Å². The third kappa shape index (κ3) is 1.99. The van der Waals surface area contributed by atoms with Crippen LogP contribution in [0, 0.1) is 6.92 Å². The molecule has 66 valence electrons. The zero-order valence-electron chi connectivity index (χ0n) is 7.23. The Morgan fingerprint density at radius 3 is 2.67 bits per heavy atom. The number of aryl methyl sites for hydroxylation is 1. The maximum atomic E-state index is 9.49. The summed E-state index contributed by atoms with van der Waals surface area (Å²) in [6.07, 6.45) is 2.44. The van der Waals surface area contributed by atoms with Crippen LogP contribution in [0.5, 0.6) is 0 Å². The highest BCUT2D eigenvalue weighted by Gasteiger charge is 2.13. The summed E-state index contributed by atoms with van der Waals surface area (Å²) < 4.78 is 0. The molecule has 1 heterocycles. The van der Waals surface area contributed by atoms with E-state index in [1.807, 2.05) is 6.92 Å². The fourth-order valence-electron chi connectivity index (χ4n) is 0.895. The lowest BCUT2D eigenvalue weighted by Crippen LogP contribution is -2.25. The fourth-order valence-corrected chi connectivity index (χ4v) is 0.895. The van der Waals surface area contributed by atoms with Crippen molar-refractivity contribution in [2.45, 2.75) is 26.0 Å². The van der Waals surface area contributed by atoms with E-state index in [-0.39, 0.29) is 6.04 Å². The number of aliphatic hydroxyl groups is 1. The van der Waals surface area contributed by atoms with E-state index < -0.39 is 6.10 Å². The van der Waals surface area contributed by atoms with Crippen molar-refractivity contribution >= 4 is 0 Å². The Morgan fingerprint density at radius 2 is 2.17 bits per heavy atom. The lowest BCUT2D eigenvalue weighted by atomic mass is 10.1. The van der Waals surface area contributed by atoms with Crippen LogP contribution in [0.2, 0.25) is 0 Å². The van der Waals surface area contributed by atoms with E-state index in [1.165, 1.54) is 6.20 Å². The lowest BCUT2D eigenvalue weighted by molar-refractivity contribution is 0.148. The highest BCUT2D eigenvalue weighted by Crippen LogP contribution is 2.11. The number of aliphatic hydroxyl groups excluding tert-OH is 1. The molecule has 2 unspecified atom stereocenters. The maximum Gasteiger partial charge on any atom is 0.112 e. The molecule has 1 aromatic rings. The number of rotatable bonds is 2. The molecular weight excluding hydrogens is 154 g/mol. The monoisotopic (exact) mass is 167 g/mol. The van der Waals surface area contributed by atoms with Gasteiger partial charge in [-0.3, -0.25) is 9.97 Å². The maximum absolute atomic E-state index is 9.49. The Labute approximate surface area is 71.5 Å². The van der Waals surface area contributed by atoms with Gasteiger partial charge in [0.25, 0.3) is 0 Å². The Bertz CT molecular complexity index is 262. The van der Waals surface area contributed by atoms with Crippen molar-refractivity contribution < 1.29 is 5.11 Å². The summed E-state index contributed by atoms with van der Waals surface area (Å²) >= 11 is 0. The van der Waals surface area contributed by atoms with Gasteiger partial charge in [0.15, 0.2) is 0 Å². The average Bonchev–Trinajstić information content (AvgIpc) is 2.03. The molecule has 4 nitrogen and oxygen atoms in total. The van der Waals surface area contributed by atoms with E-state index >= 15 is 0 Å². The van der Waals surface area contributed by atoms with E-state index in [1.54, 1.807) is 13.1 Å². The van der Waals surface area contributed by atoms with Crippen LogP contribution in [0.4, 0.5) is 0 Å². The number of nitrogens with two attached hydrogens (primary N) is 1. The minimum absolute atomic E-state index is 0.318. The predicted molar refractivity (Wildman–Crippen MR) is 45.4 cm³/mol. The van der Waals surface area contributed by atoms with Crippen molar-refractivity contribution in [2.75, 3.05) is 0 Å². The van der Waals surface area contributed by atoms with Crippen molar-refractivity contribution in [3.63, 3.8) is 0 Å². The Hall–Kier alpha value is -1.00. The third-order valence-electron chi connectivity index (χ3n) is 1.57. The Balaban J connectivity index is 2.88. The summed E-state index contributed by atoms with van der Waals surface area (Å²) in [5, 5.41) is 9.49. The Morgan fingerprint density at radius 1 is 1.50 bits per heavy atom. The van der Waals surface area contributed by atoms with Gasteiger partial charge in [-0.15, -0.1) is 0 Å². The van der Waals surface area contributed by atoms with Crippen molar-refractivity contribution in [1.82, 2.24) is 9.97 Å². The van der Waals surface area contributed by atoms with Gasteiger partial charge in [0, 0.05) is 12.2 Å². The van der Waals surface area contributed by atoms with Crippen LogP contribution in [0.3, 0.4) is 0 Å². The minimum Gasteiger partial charge on any atom is -0.385 e. The zero-order valence-corrected chi connectivity index (χ0v) is 7.23. The third-order valence-corrected chi connectivity index (χ3v) is 1.57. The molecule has 12 heavy (non-hydrogen) atoms. The zero-order chi connectivity index (χ0) is 9.14. The first kappa shape index (κ1) is 9.09. The number of aromatic nitrogens is 2. The standard InChI is InChI=1S/C8H13N3O/c1-5-3-10-4-7(11-5)8(12)6(2)9/h3-4,6,8,12H,9H2,1-2H3. The van der Waals surface area contributed by atoms with Gasteiger partial charge in [-0.05, 0) is 13.8 Å². The second-order valence-electron chi connectivity index (χ2n) is 2.89. The molecule has 0 aliphatic rings. The second-order valence-corrected chi connectivity index (χ2v) is 2.89. The summed E-state index contributed by atoms with van der Waals surface area (Å²) in [7, 11) is 0. The molecule has 1 aromatic heterocycles. The minimum atomic E-state index is -0.725. The largest absolute Gasteiger partial charge is 0.385 e. The average molecular weight is 167 g/mol. The highest BCUT2D eigenvalue weighted by atomic mass is 16.3. The van der Waals surface area contributed by atoms with Crippen molar-refractivity contribution in [1.29, 1.82) is 0 Å². The first-order valence-corrected chi connectivity index (χ1v) is 3.83.